The van der Waals surface area contributed by atoms with Crippen LogP contribution in [0.15, 0.2) is 41.0 Å². The van der Waals surface area contributed by atoms with Gasteiger partial charge in [-0.25, -0.2) is 18.6 Å². The molecule has 38 heavy (non-hydrogen) atoms. The van der Waals surface area contributed by atoms with Crippen molar-refractivity contribution in [3.05, 3.63) is 48.0 Å². The molecule has 8 nitrogen and oxygen atoms in total. The van der Waals surface area contributed by atoms with Gasteiger partial charge in [0, 0.05) is 33.7 Å². The number of nitrogens with zero attached hydrogens (tertiary/aromatic N) is 3. The number of anilines is 2. The minimum Gasteiger partial charge on any atom is -0.479 e. The molecule has 206 valence electrons. The summed E-state index contributed by atoms with van der Waals surface area (Å²) in [6.45, 7) is 3.76. The van der Waals surface area contributed by atoms with Gasteiger partial charge in [0.1, 0.15) is 30.3 Å². The molecule has 0 radical (unpaired) electrons. The Morgan fingerprint density at radius 1 is 1.16 bits per heavy atom. The third kappa shape index (κ3) is 7.76. The Balaban J connectivity index is 2.03. The van der Waals surface area contributed by atoms with Gasteiger partial charge < -0.3 is 15.4 Å². The van der Waals surface area contributed by atoms with Crippen molar-refractivity contribution in [2.24, 2.45) is 4.36 Å². The predicted octanol–water partition coefficient (Wildman–Crippen LogP) is 5.83. The van der Waals surface area contributed by atoms with E-state index in [1.54, 1.807) is 11.4 Å². The lowest BCUT2D eigenvalue weighted by Crippen LogP contribution is -2.41. The van der Waals surface area contributed by atoms with Crippen LogP contribution in [0.2, 0.25) is 0 Å². The van der Waals surface area contributed by atoms with E-state index in [1.165, 1.54) is 37.9 Å². The first-order valence-corrected chi connectivity index (χ1v) is 14.0. The molecule has 1 unspecified atom stereocenters. The maximum Gasteiger partial charge on any atom is 0.405 e. The molecule has 1 aromatic heterocycles. The molecule has 0 fully saturated rings. The van der Waals surface area contributed by atoms with Crippen LogP contribution in [0, 0.1) is 5.82 Å². The van der Waals surface area contributed by atoms with E-state index in [4.69, 9.17) is 4.74 Å². The lowest BCUT2D eigenvalue weighted by atomic mass is 9.94. The second kappa shape index (κ2) is 11.5. The van der Waals surface area contributed by atoms with Gasteiger partial charge >= 0.3 is 6.18 Å². The average molecular weight is 556 g/mol. The van der Waals surface area contributed by atoms with E-state index in [9.17, 15) is 26.6 Å². The van der Waals surface area contributed by atoms with E-state index in [2.05, 4.69) is 19.6 Å². The summed E-state index contributed by atoms with van der Waals surface area (Å²) in [5, 5.41) is 5.49. The number of alkyl halides is 3. The molecule has 3 rings (SSSR count). The fourth-order valence-electron chi connectivity index (χ4n) is 3.62. The number of rotatable bonds is 9. The van der Waals surface area contributed by atoms with Crippen LogP contribution in [-0.2, 0) is 14.5 Å². The summed E-state index contributed by atoms with van der Waals surface area (Å²) in [4.78, 5) is 20.8. The predicted molar refractivity (Wildman–Crippen MR) is 139 cm³/mol. The molecule has 2 aromatic carbocycles. The number of hydrogen-bond donors (Lipinski definition) is 2. The van der Waals surface area contributed by atoms with Crippen LogP contribution in [0.4, 0.5) is 34.8 Å². The maximum absolute atomic E-state index is 14.1. The summed E-state index contributed by atoms with van der Waals surface area (Å²) in [6.07, 6.45) is -0.766. The Morgan fingerprint density at radius 3 is 2.50 bits per heavy atom. The minimum absolute atomic E-state index is 0.0465. The quantitative estimate of drug-likeness (QED) is 0.322. The molecule has 1 amide bonds. The zero-order valence-electron chi connectivity index (χ0n) is 21.5. The Labute approximate surface area is 218 Å². The van der Waals surface area contributed by atoms with E-state index < -0.39 is 40.3 Å². The van der Waals surface area contributed by atoms with Gasteiger partial charge in [-0.1, -0.05) is 13.8 Å². The van der Waals surface area contributed by atoms with Gasteiger partial charge in [-0.05, 0) is 49.1 Å². The van der Waals surface area contributed by atoms with Gasteiger partial charge in [0.15, 0.2) is 6.10 Å². The number of carbonyl (C=O) groups is 1. The Kier molecular flexibility index (Phi) is 8.80. The monoisotopic (exact) mass is 555 g/mol. The van der Waals surface area contributed by atoms with E-state index >= 15 is 0 Å². The molecule has 0 saturated heterocycles. The SMILES string of the molecule is CCC(C)c1cc(N=S(C)(C)=O)cc2ncnc(Nc3ccc(F)cc3O[C@H](C)C(=O)NCC(F)(F)F)c12. The summed E-state index contributed by atoms with van der Waals surface area (Å²) in [5.74, 6) is -1.37. The van der Waals surface area contributed by atoms with E-state index in [-0.39, 0.29) is 17.4 Å². The second-order valence-corrected chi connectivity index (χ2v) is 11.6. The molecule has 0 aliphatic heterocycles. The largest absolute Gasteiger partial charge is 0.479 e. The number of carbonyl (C=O) groups excluding carboxylic acids is 1. The van der Waals surface area contributed by atoms with Crippen molar-refractivity contribution in [2.75, 3.05) is 24.4 Å². The maximum atomic E-state index is 14.1. The number of nitrogens with one attached hydrogen (secondary N) is 2. The summed E-state index contributed by atoms with van der Waals surface area (Å²) in [7, 11) is -2.43. The zero-order chi connectivity index (χ0) is 28.3. The van der Waals surface area contributed by atoms with Crippen molar-refractivity contribution < 1.29 is 31.3 Å². The highest BCUT2D eigenvalue weighted by Gasteiger charge is 2.29. The molecule has 3 aromatic rings. The van der Waals surface area contributed by atoms with Gasteiger partial charge in [0.2, 0.25) is 0 Å². The lowest BCUT2D eigenvalue weighted by molar-refractivity contribution is -0.142. The van der Waals surface area contributed by atoms with Crippen LogP contribution < -0.4 is 15.4 Å². The van der Waals surface area contributed by atoms with Crippen LogP contribution in [-0.4, -0.2) is 51.4 Å². The lowest BCUT2D eigenvalue weighted by Gasteiger charge is -2.20. The first kappa shape index (κ1) is 29.1. The average Bonchev–Trinajstić information content (AvgIpc) is 2.81. The van der Waals surface area contributed by atoms with Crippen LogP contribution >= 0.6 is 0 Å². The smallest absolute Gasteiger partial charge is 0.405 e. The van der Waals surface area contributed by atoms with Crippen molar-refractivity contribution in [3.63, 3.8) is 0 Å². The molecule has 0 bridgehead atoms. The summed E-state index contributed by atoms with van der Waals surface area (Å²) in [6, 6.07) is 7.07. The topological polar surface area (TPSA) is 106 Å². The Morgan fingerprint density at radius 2 is 1.87 bits per heavy atom. The molecule has 0 aliphatic rings. The molecule has 2 N–H and O–H groups in total. The number of ether oxygens (including phenoxy) is 1. The molecule has 0 spiro atoms. The number of amides is 1. The normalized spacial score (nSPS) is 13.6. The molecule has 13 heteroatoms. The van der Waals surface area contributed by atoms with Crippen LogP contribution in [0.25, 0.3) is 10.9 Å². The second-order valence-electron chi connectivity index (χ2n) is 9.09. The number of fused-ring (bicyclic) bond motifs is 1. The molecular formula is C25H29F4N5O3S. The molecule has 1 heterocycles. The molecule has 2 atom stereocenters. The van der Waals surface area contributed by atoms with Gasteiger partial charge in [-0.3, -0.25) is 4.79 Å². The van der Waals surface area contributed by atoms with Gasteiger partial charge in [0.05, 0.1) is 16.9 Å². The van der Waals surface area contributed by atoms with E-state index in [1.807, 2.05) is 19.9 Å². The Hall–Kier alpha value is -3.48. The number of aromatic nitrogens is 2. The highest BCUT2D eigenvalue weighted by atomic mass is 32.2. The van der Waals surface area contributed by atoms with Crippen molar-refractivity contribution in [2.45, 2.75) is 45.4 Å². The van der Waals surface area contributed by atoms with Gasteiger partial charge in [-0.2, -0.15) is 17.5 Å². The fourth-order valence-corrected chi connectivity index (χ4v) is 4.23. The standard InChI is InChI=1S/C25H29F4N5O3S/c1-6-14(2)18-10-17(34-38(4,5)36)11-20-22(18)23(32-13-31-20)33-19-8-7-16(26)9-21(19)37-15(3)24(35)30-12-25(27,28)29/h7-11,13-15H,6,12H2,1-5H3,(H,30,35)(H,31,32,33)/t14?,15-/m1/s1. The summed E-state index contributed by atoms with van der Waals surface area (Å²) >= 11 is 0. The number of hydrogen-bond acceptors (Lipinski definition) is 7. The third-order valence-corrected chi connectivity index (χ3v) is 6.21. The highest BCUT2D eigenvalue weighted by Crippen LogP contribution is 2.37. The van der Waals surface area contributed by atoms with Crippen molar-refractivity contribution in [1.82, 2.24) is 15.3 Å². The molecule has 0 saturated carbocycles. The van der Waals surface area contributed by atoms with Crippen LogP contribution in [0.1, 0.15) is 38.7 Å². The highest BCUT2D eigenvalue weighted by molar-refractivity contribution is 7.92. The number of benzene rings is 2. The Bertz CT molecular complexity index is 1450. The molecule has 0 aliphatic carbocycles. The fraction of sp³-hybridized carbons (Fsp3) is 0.400. The van der Waals surface area contributed by atoms with Crippen LogP contribution in [0.5, 0.6) is 5.75 Å². The van der Waals surface area contributed by atoms with Gasteiger partial charge in [0.25, 0.3) is 5.91 Å². The van der Waals surface area contributed by atoms with Crippen molar-refractivity contribution in [3.8, 4) is 5.75 Å². The molecular weight excluding hydrogens is 526 g/mol. The first-order chi connectivity index (χ1) is 17.7. The zero-order valence-corrected chi connectivity index (χ0v) is 22.3. The van der Waals surface area contributed by atoms with Crippen molar-refractivity contribution in [1.29, 1.82) is 0 Å². The number of halogens is 4. The first-order valence-electron chi connectivity index (χ1n) is 11.7. The van der Waals surface area contributed by atoms with E-state index in [0.717, 1.165) is 18.1 Å². The third-order valence-electron chi connectivity index (χ3n) is 5.55. The van der Waals surface area contributed by atoms with Crippen LogP contribution in [0.3, 0.4) is 0 Å². The van der Waals surface area contributed by atoms with E-state index in [0.29, 0.717) is 22.4 Å². The van der Waals surface area contributed by atoms with Gasteiger partial charge in [-0.15, -0.1) is 0 Å². The minimum atomic E-state index is -4.58. The summed E-state index contributed by atoms with van der Waals surface area (Å²) in [5.41, 5.74) is 2.12. The summed E-state index contributed by atoms with van der Waals surface area (Å²) < 4.78 is 73.6. The van der Waals surface area contributed by atoms with Crippen molar-refractivity contribution >= 4 is 43.7 Å².